The first-order chi connectivity index (χ1) is 29.1. The summed E-state index contributed by atoms with van der Waals surface area (Å²) in [5.74, 6) is 0.823. The Kier molecular flexibility index (Phi) is 15.9. The minimum atomic E-state index is -0.876. The van der Waals surface area contributed by atoms with Crippen molar-refractivity contribution in [2.75, 3.05) is 83.9 Å². The molecule has 0 bridgehead atoms. The third-order valence-corrected chi connectivity index (χ3v) is 12.4. The van der Waals surface area contributed by atoms with Crippen LogP contribution in [-0.2, 0) is 33.3 Å². The van der Waals surface area contributed by atoms with Crippen LogP contribution in [0.2, 0.25) is 0 Å². The van der Waals surface area contributed by atoms with E-state index in [0.717, 1.165) is 38.5 Å². The van der Waals surface area contributed by atoms with Gasteiger partial charge in [-0.15, -0.1) is 0 Å². The number of nitrogens with zero attached hydrogens (tertiary/aromatic N) is 3. The number of fused-ring (bicyclic) bond motifs is 2. The second kappa shape index (κ2) is 21.0. The van der Waals surface area contributed by atoms with Crippen LogP contribution in [0.4, 0.5) is 11.4 Å². The molecule has 4 heterocycles. The van der Waals surface area contributed by atoms with Crippen LogP contribution in [0.5, 0.6) is 11.5 Å². The highest BCUT2D eigenvalue weighted by atomic mass is 16.5. The van der Waals surface area contributed by atoms with Crippen LogP contribution < -0.4 is 19.3 Å². The Bertz CT molecular complexity index is 1780. The molecule has 1 aliphatic carbocycles. The van der Waals surface area contributed by atoms with Gasteiger partial charge in [0.2, 0.25) is 0 Å². The van der Waals surface area contributed by atoms with Crippen molar-refractivity contribution >= 4 is 35.1 Å². The molecule has 14 nitrogen and oxygen atoms in total. The van der Waals surface area contributed by atoms with Crippen LogP contribution in [0.1, 0.15) is 118 Å². The van der Waals surface area contributed by atoms with E-state index >= 15 is 0 Å². The molecule has 0 atom stereocenters. The van der Waals surface area contributed by atoms with Crippen molar-refractivity contribution in [3.8, 4) is 11.5 Å². The maximum absolute atomic E-state index is 13.7. The Hall–Kier alpha value is -4.24. The molecule has 3 amide bonds. The molecule has 0 N–H and O–H groups in total. The first kappa shape index (κ1) is 45.3. The number of anilines is 2. The summed E-state index contributed by atoms with van der Waals surface area (Å²) in [6, 6.07) is 11.1. The van der Waals surface area contributed by atoms with Crippen molar-refractivity contribution in [3.63, 3.8) is 0 Å². The number of carbonyl (C=O) groups is 4. The standard InChI is InChI=1S/C27H40N2O5.C19H25NO6/c1-20(2)29(22-9-5-4-6-10-22)25(30)21-11-12-24-23(19-21)28(15-7-8-16-32-3)26(31)27(34-24)13-17-33-18-14-27;1-23-10-4-3-9-20-15-13-14(17(21)24-2)5-6-16(15)26-19(18(20)22)7-11-25-12-8-19/h11-12,19-20,22H,4-10,13-18H2,1-3H3;5-6,13H,3-4,7-12H2,1-2H3. The zero-order chi connectivity index (χ0) is 42.7. The fourth-order valence-electron chi connectivity index (χ4n) is 9.07. The summed E-state index contributed by atoms with van der Waals surface area (Å²) >= 11 is 0. The van der Waals surface area contributed by atoms with Crippen molar-refractivity contribution in [1.82, 2.24) is 4.90 Å². The second-order valence-electron chi connectivity index (χ2n) is 16.7. The van der Waals surface area contributed by atoms with E-state index in [1.165, 1.54) is 26.4 Å². The fraction of sp³-hybridized carbons (Fsp3) is 0.652. The average molecular weight is 836 g/mol. The minimum Gasteiger partial charge on any atom is -0.475 e. The topological polar surface area (TPSA) is 143 Å². The molecule has 60 heavy (non-hydrogen) atoms. The van der Waals surface area contributed by atoms with Crippen LogP contribution in [0.25, 0.3) is 0 Å². The lowest BCUT2D eigenvalue weighted by Crippen LogP contribution is -2.58. The third-order valence-electron chi connectivity index (χ3n) is 12.4. The van der Waals surface area contributed by atoms with E-state index in [4.69, 9.17) is 33.2 Å². The number of unbranched alkanes of at least 4 members (excludes halogenated alkanes) is 2. The smallest absolute Gasteiger partial charge is 0.337 e. The number of ether oxygens (including phenoxy) is 7. The van der Waals surface area contributed by atoms with Gasteiger partial charge in [-0.3, -0.25) is 14.4 Å². The number of esters is 1. The van der Waals surface area contributed by atoms with Crippen molar-refractivity contribution in [3.05, 3.63) is 47.5 Å². The quantitative estimate of drug-likeness (QED) is 0.147. The van der Waals surface area contributed by atoms with Crippen LogP contribution >= 0.6 is 0 Å². The van der Waals surface area contributed by atoms with Crippen LogP contribution in [0.3, 0.4) is 0 Å². The Balaban J connectivity index is 0.000000209. The summed E-state index contributed by atoms with van der Waals surface area (Å²) in [5, 5.41) is 0. The van der Waals surface area contributed by atoms with E-state index in [1.807, 2.05) is 23.1 Å². The van der Waals surface area contributed by atoms with Gasteiger partial charge in [0.15, 0.2) is 11.2 Å². The SMILES string of the molecule is COCCCCN1C(=O)C2(CCOCC2)Oc2ccc(C(=O)N(C(C)C)C3CCCCC3)cc21.COCCCCN1C(=O)C2(CCOCC2)Oc2ccc(C(=O)OC)cc21. The van der Waals surface area contributed by atoms with Crippen LogP contribution in [0.15, 0.2) is 36.4 Å². The van der Waals surface area contributed by atoms with Crippen LogP contribution in [-0.4, -0.2) is 126 Å². The molecule has 1 saturated carbocycles. The first-order valence-electron chi connectivity index (χ1n) is 21.9. The molecule has 5 aliphatic rings. The number of hydrogen-bond donors (Lipinski definition) is 0. The van der Waals surface area contributed by atoms with E-state index in [-0.39, 0.29) is 29.8 Å². The van der Waals surface area contributed by atoms with Gasteiger partial charge in [-0.1, -0.05) is 19.3 Å². The van der Waals surface area contributed by atoms with E-state index < -0.39 is 17.2 Å². The monoisotopic (exact) mass is 835 g/mol. The average Bonchev–Trinajstić information content (AvgIpc) is 3.27. The molecule has 2 aromatic carbocycles. The number of methoxy groups -OCH3 is 3. The van der Waals surface area contributed by atoms with Crippen molar-refractivity contribution in [2.24, 2.45) is 0 Å². The summed E-state index contributed by atoms with van der Waals surface area (Å²) in [7, 11) is 4.69. The zero-order valence-corrected chi connectivity index (χ0v) is 36.3. The highest BCUT2D eigenvalue weighted by Gasteiger charge is 2.50. The molecule has 0 aromatic heterocycles. The van der Waals surface area contributed by atoms with Gasteiger partial charge in [-0.05, 0) is 88.8 Å². The van der Waals surface area contributed by atoms with Crippen LogP contribution in [0, 0.1) is 0 Å². The van der Waals surface area contributed by atoms with Crippen molar-refractivity contribution in [1.29, 1.82) is 0 Å². The molecular formula is C46H65N3O11. The van der Waals surface area contributed by atoms with Crippen molar-refractivity contribution in [2.45, 2.75) is 121 Å². The molecule has 4 aliphatic heterocycles. The molecule has 3 fully saturated rings. The van der Waals surface area contributed by atoms with E-state index in [0.29, 0.717) is 112 Å². The maximum atomic E-state index is 13.7. The summed E-state index contributed by atoms with van der Waals surface area (Å²) in [4.78, 5) is 58.2. The van der Waals surface area contributed by atoms with Gasteiger partial charge in [-0.25, -0.2) is 4.79 Å². The Morgan fingerprint density at radius 1 is 0.700 bits per heavy atom. The number of benzene rings is 2. The molecule has 330 valence electrons. The van der Waals surface area contributed by atoms with E-state index in [1.54, 1.807) is 37.3 Å². The van der Waals surface area contributed by atoms with Gasteiger partial charge in [0, 0.05) is 83.9 Å². The number of amides is 3. The van der Waals surface area contributed by atoms with E-state index in [2.05, 4.69) is 18.7 Å². The largest absolute Gasteiger partial charge is 0.475 e. The Morgan fingerprint density at radius 3 is 1.62 bits per heavy atom. The molecule has 2 saturated heterocycles. The van der Waals surface area contributed by atoms with Gasteiger partial charge in [-0.2, -0.15) is 0 Å². The predicted octanol–water partition coefficient (Wildman–Crippen LogP) is 6.75. The lowest BCUT2D eigenvalue weighted by Gasteiger charge is -2.44. The molecule has 14 heteroatoms. The lowest BCUT2D eigenvalue weighted by atomic mass is 9.89. The third kappa shape index (κ3) is 10.1. The first-order valence-corrected chi connectivity index (χ1v) is 21.9. The molecule has 2 aromatic rings. The molecule has 2 spiro atoms. The summed E-state index contributed by atoms with van der Waals surface area (Å²) in [6.07, 6.45) is 11.2. The van der Waals surface area contributed by atoms with Crippen molar-refractivity contribution < 1.29 is 52.3 Å². The predicted molar refractivity (Wildman–Crippen MR) is 226 cm³/mol. The van der Waals surface area contributed by atoms with Gasteiger partial charge < -0.3 is 47.9 Å². The lowest BCUT2D eigenvalue weighted by molar-refractivity contribution is -0.144. The molecule has 0 unspecified atom stereocenters. The Morgan fingerprint density at radius 2 is 1.17 bits per heavy atom. The van der Waals surface area contributed by atoms with Gasteiger partial charge in [0.1, 0.15) is 11.5 Å². The zero-order valence-electron chi connectivity index (χ0n) is 36.3. The number of rotatable bonds is 14. The minimum absolute atomic E-state index is 0.0155. The van der Waals surface area contributed by atoms with E-state index in [9.17, 15) is 19.2 Å². The highest BCUT2D eigenvalue weighted by Crippen LogP contribution is 2.44. The molecular weight excluding hydrogens is 771 g/mol. The summed E-state index contributed by atoms with van der Waals surface area (Å²) < 4.78 is 38.6. The second-order valence-corrected chi connectivity index (χ2v) is 16.7. The molecule has 7 rings (SSSR count). The van der Waals surface area contributed by atoms with Gasteiger partial charge >= 0.3 is 5.97 Å². The molecule has 0 radical (unpaired) electrons. The Labute approximate surface area is 355 Å². The number of hydrogen-bond acceptors (Lipinski definition) is 11. The van der Waals surface area contributed by atoms with Gasteiger partial charge in [0.25, 0.3) is 17.7 Å². The fourth-order valence-corrected chi connectivity index (χ4v) is 9.07. The maximum Gasteiger partial charge on any atom is 0.337 e. The highest BCUT2D eigenvalue weighted by molar-refractivity contribution is 6.05. The summed E-state index contributed by atoms with van der Waals surface area (Å²) in [5.41, 5.74) is 0.598. The number of carbonyl (C=O) groups excluding carboxylic acids is 4. The summed E-state index contributed by atoms with van der Waals surface area (Å²) in [6.45, 7) is 8.64. The van der Waals surface area contributed by atoms with Gasteiger partial charge in [0.05, 0.1) is 50.5 Å². The normalized spacial score (nSPS) is 19.5.